The molecule has 1 fully saturated rings. The van der Waals surface area contributed by atoms with Gasteiger partial charge in [0.2, 0.25) is 5.91 Å². The van der Waals surface area contributed by atoms with Crippen molar-refractivity contribution >= 4 is 5.91 Å². The highest BCUT2D eigenvalue weighted by atomic mass is 16.5. The maximum absolute atomic E-state index is 12.5. The molecule has 0 bridgehead atoms. The molecule has 0 spiro atoms. The molecule has 6 nitrogen and oxygen atoms in total. The van der Waals surface area contributed by atoms with E-state index in [4.69, 9.17) is 19.9 Å². The molecule has 1 unspecified atom stereocenters. The highest BCUT2D eigenvalue weighted by Gasteiger charge is 2.36. The summed E-state index contributed by atoms with van der Waals surface area (Å²) >= 11 is 0. The fraction of sp³-hybridized carbons (Fsp3) is 0.611. The zero-order valence-corrected chi connectivity index (χ0v) is 14.9. The number of hydrogen-bond donors (Lipinski definition) is 2. The van der Waals surface area contributed by atoms with Crippen molar-refractivity contribution in [1.82, 2.24) is 5.32 Å². The van der Waals surface area contributed by atoms with Crippen molar-refractivity contribution in [3.63, 3.8) is 0 Å². The van der Waals surface area contributed by atoms with Crippen LogP contribution in [0.15, 0.2) is 18.2 Å². The molecular formula is C18H28N2O4. The minimum Gasteiger partial charge on any atom is -0.493 e. The second-order valence-corrected chi connectivity index (χ2v) is 6.54. The monoisotopic (exact) mass is 336 g/mol. The summed E-state index contributed by atoms with van der Waals surface area (Å²) in [6.07, 6.45) is 1.14. The van der Waals surface area contributed by atoms with Gasteiger partial charge in [-0.05, 0) is 51.3 Å². The average Bonchev–Trinajstić information content (AvgIpc) is 2.55. The molecular weight excluding hydrogens is 308 g/mol. The number of hydrogen-bond acceptors (Lipinski definition) is 5. The smallest absolute Gasteiger partial charge is 0.240 e. The zero-order chi connectivity index (χ0) is 17.7. The SMILES string of the molecule is COc1cc(C(C)NC(=O)C2(N)CCOCC2)ccc1OC(C)C. The molecule has 1 atom stereocenters. The van der Waals surface area contributed by atoms with Gasteiger partial charge in [-0.25, -0.2) is 0 Å². The molecule has 0 aliphatic carbocycles. The summed E-state index contributed by atoms with van der Waals surface area (Å²) in [7, 11) is 1.60. The van der Waals surface area contributed by atoms with E-state index in [9.17, 15) is 4.79 Å². The molecule has 1 heterocycles. The second kappa shape index (κ2) is 7.85. The summed E-state index contributed by atoms with van der Waals surface area (Å²) in [6.45, 7) is 6.90. The van der Waals surface area contributed by atoms with Crippen LogP contribution >= 0.6 is 0 Å². The topological polar surface area (TPSA) is 82.8 Å². The lowest BCUT2D eigenvalue weighted by molar-refractivity contribution is -0.130. The van der Waals surface area contributed by atoms with Crippen LogP contribution in [0, 0.1) is 0 Å². The highest BCUT2D eigenvalue weighted by Crippen LogP contribution is 2.31. The third kappa shape index (κ3) is 4.39. The molecule has 1 aliphatic heterocycles. The Morgan fingerprint density at radius 2 is 1.92 bits per heavy atom. The summed E-state index contributed by atoms with van der Waals surface area (Å²) < 4.78 is 16.4. The Labute approximate surface area is 143 Å². The number of ether oxygens (including phenoxy) is 3. The van der Waals surface area contributed by atoms with E-state index < -0.39 is 5.54 Å². The van der Waals surface area contributed by atoms with E-state index in [1.54, 1.807) is 7.11 Å². The number of amides is 1. The molecule has 1 aliphatic rings. The van der Waals surface area contributed by atoms with E-state index in [0.717, 1.165) is 5.56 Å². The lowest BCUT2D eigenvalue weighted by Crippen LogP contribution is -2.57. The normalized spacial score (nSPS) is 18.1. The maximum atomic E-state index is 12.5. The largest absolute Gasteiger partial charge is 0.493 e. The molecule has 3 N–H and O–H groups in total. The summed E-state index contributed by atoms with van der Waals surface area (Å²) in [5.41, 5.74) is 6.31. The molecule has 6 heteroatoms. The second-order valence-electron chi connectivity index (χ2n) is 6.54. The first-order chi connectivity index (χ1) is 11.4. The highest BCUT2D eigenvalue weighted by molar-refractivity contribution is 5.86. The predicted octanol–water partition coefficient (Wildman–Crippen LogP) is 2.17. The van der Waals surface area contributed by atoms with Crippen molar-refractivity contribution in [3.8, 4) is 11.5 Å². The van der Waals surface area contributed by atoms with Crippen molar-refractivity contribution in [3.05, 3.63) is 23.8 Å². The number of rotatable bonds is 6. The van der Waals surface area contributed by atoms with E-state index >= 15 is 0 Å². The van der Waals surface area contributed by atoms with Gasteiger partial charge in [0.05, 0.1) is 24.8 Å². The first kappa shape index (κ1) is 18.5. The Morgan fingerprint density at radius 1 is 1.25 bits per heavy atom. The van der Waals surface area contributed by atoms with E-state index in [1.165, 1.54) is 0 Å². The van der Waals surface area contributed by atoms with E-state index in [2.05, 4.69) is 5.32 Å². The lowest BCUT2D eigenvalue weighted by atomic mass is 9.90. The predicted molar refractivity (Wildman–Crippen MR) is 92.3 cm³/mol. The van der Waals surface area contributed by atoms with Crippen LogP contribution in [0.1, 0.15) is 45.2 Å². The van der Waals surface area contributed by atoms with Gasteiger partial charge in [0, 0.05) is 13.2 Å². The van der Waals surface area contributed by atoms with Crippen molar-refractivity contribution in [2.75, 3.05) is 20.3 Å². The van der Waals surface area contributed by atoms with E-state index in [1.807, 2.05) is 39.0 Å². The Hall–Kier alpha value is -1.79. The zero-order valence-electron chi connectivity index (χ0n) is 14.9. The minimum atomic E-state index is -0.850. The van der Waals surface area contributed by atoms with E-state index in [-0.39, 0.29) is 18.1 Å². The van der Waals surface area contributed by atoms with Gasteiger partial charge in [0.1, 0.15) is 0 Å². The molecule has 24 heavy (non-hydrogen) atoms. The molecule has 1 saturated heterocycles. The Morgan fingerprint density at radius 3 is 2.50 bits per heavy atom. The number of methoxy groups -OCH3 is 1. The molecule has 1 aromatic rings. The lowest BCUT2D eigenvalue weighted by Gasteiger charge is -2.33. The Bertz CT molecular complexity index is 568. The van der Waals surface area contributed by atoms with Crippen LogP contribution in [-0.2, 0) is 9.53 Å². The van der Waals surface area contributed by atoms with Gasteiger partial charge < -0.3 is 25.3 Å². The fourth-order valence-electron chi connectivity index (χ4n) is 2.69. The fourth-order valence-corrected chi connectivity index (χ4v) is 2.69. The Kier molecular flexibility index (Phi) is 6.07. The number of carbonyl (C=O) groups excluding carboxylic acids is 1. The third-order valence-electron chi connectivity index (χ3n) is 4.24. The van der Waals surface area contributed by atoms with Crippen LogP contribution in [0.3, 0.4) is 0 Å². The maximum Gasteiger partial charge on any atom is 0.240 e. The summed E-state index contributed by atoms with van der Waals surface area (Å²) in [5, 5.41) is 3.00. The van der Waals surface area contributed by atoms with Crippen molar-refractivity contribution in [2.45, 2.75) is 51.3 Å². The molecule has 0 radical (unpaired) electrons. The summed E-state index contributed by atoms with van der Waals surface area (Å²) in [6, 6.07) is 5.50. The first-order valence-electron chi connectivity index (χ1n) is 8.38. The molecule has 0 saturated carbocycles. The van der Waals surface area contributed by atoms with Gasteiger partial charge in [-0.1, -0.05) is 6.07 Å². The quantitative estimate of drug-likeness (QED) is 0.832. The third-order valence-corrected chi connectivity index (χ3v) is 4.24. The summed E-state index contributed by atoms with van der Waals surface area (Å²) in [4.78, 5) is 12.5. The number of benzene rings is 1. The molecule has 1 amide bonds. The van der Waals surface area contributed by atoms with Crippen molar-refractivity contribution in [2.24, 2.45) is 5.73 Å². The van der Waals surface area contributed by atoms with E-state index in [0.29, 0.717) is 37.6 Å². The molecule has 134 valence electrons. The van der Waals surface area contributed by atoms with Crippen LogP contribution in [0.5, 0.6) is 11.5 Å². The standard InChI is InChI=1S/C18H28N2O4/c1-12(2)24-15-6-5-14(11-16(15)22-4)13(3)20-17(21)18(19)7-9-23-10-8-18/h5-6,11-13H,7-10,19H2,1-4H3,(H,20,21). The van der Waals surface area contributed by atoms with Gasteiger partial charge >= 0.3 is 0 Å². The number of nitrogens with one attached hydrogen (secondary N) is 1. The van der Waals surface area contributed by atoms with Gasteiger partial charge in [-0.3, -0.25) is 4.79 Å². The van der Waals surface area contributed by atoms with Crippen molar-refractivity contribution in [1.29, 1.82) is 0 Å². The van der Waals surface area contributed by atoms with Crippen LogP contribution in [-0.4, -0.2) is 37.9 Å². The average molecular weight is 336 g/mol. The molecule has 1 aromatic carbocycles. The first-order valence-corrected chi connectivity index (χ1v) is 8.38. The molecule has 0 aromatic heterocycles. The van der Waals surface area contributed by atoms with Crippen LogP contribution in [0.25, 0.3) is 0 Å². The minimum absolute atomic E-state index is 0.0625. The van der Waals surface area contributed by atoms with Crippen molar-refractivity contribution < 1.29 is 19.0 Å². The number of nitrogens with two attached hydrogens (primary N) is 1. The van der Waals surface area contributed by atoms with Gasteiger partial charge in [-0.15, -0.1) is 0 Å². The molecule has 2 rings (SSSR count). The Balaban J connectivity index is 2.08. The van der Waals surface area contributed by atoms with Gasteiger partial charge in [-0.2, -0.15) is 0 Å². The summed E-state index contributed by atoms with van der Waals surface area (Å²) in [5.74, 6) is 1.20. The van der Waals surface area contributed by atoms with Gasteiger partial charge in [0.15, 0.2) is 11.5 Å². The number of carbonyl (C=O) groups is 1. The van der Waals surface area contributed by atoms with Crippen LogP contribution < -0.4 is 20.5 Å². The van der Waals surface area contributed by atoms with Gasteiger partial charge in [0.25, 0.3) is 0 Å². The van der Waals surface area contributed by atoms with Crippen LogP contribution in [0.4, 0.5) is 0 Å². The van der Waals surface area contributed by atoms with Crippen LogP contribution in [0.2, 0.25) is 0 Å².